The highest BCUT2D eigenvalue weighted by Gasteiger charge is 2.10. The average Bonchev–Trinajstić information content (AvgIpc) is 3.17. The van der Waals surface area contributed by atoms with Crippen LogP contribution in [-0.2, 0) is 17.8 Å². The number of nitrogens with one attached hydrogen (secondary N) is 2. The summed E-state index contributed by atoms with van der Waals surface area (Å²) in [6, 6.07) is 15.3. The lowest BCUT2D eigenvalue weighted by molar-refractivity contribution is -0.117. The van der Waals surface area contributed by atoms with Gasteiger partial charge in [-0.05, 0) is 67.5 Å². The molecule has 1 aromatic heterocycles. The molecule has 1 amide bonds. The number of carbonyl (C=O) groups is 1. The van der Waals surface area contributed by atoms with E-state index in [1.165, 1.54) is 5.56 Å². The Labute approximate surface area is 176 Å². The first-order valence-corrected chi connectivity index (χ1v) is 9.78. The van der Waals surface area contributed by atoms with Crippen molar-refractivity contribution in [2.45, 2.75) is 13.0 Å². The van der Waals surface area contributed by atoms with E-state index in [1.807, 2.05) is 68.8 Å². The quantitative estimate of drug-likeness (QED) is 0.446. The Morgan fingerprint density at radius 1 is 1.23 bits per heavy atom. The second-order valence-corrected chi connectivity index (χ2v) is 7.37. The van der Waals surface area contributed by atoms with E-state index in [0.29, 0.717) is 6.54 Å². The van der Waals surface area contributed by atoms with Gasteiger partial charge in [-0.1, -0.05) is 18.2 Å². The highest BCUT2D eigenvalue weighted by molar-refractivity contribution is 6.02. The molecule has 6 heteroatoms. The maximum Gasteiger partial charge on any atom is 0.262 e. The van der Waals surface area contributed by atoms with E-state index < -0.39 is 5.91 Å². The van der Waals surface area contributed by atoms with Crippen LogP contribution in [0.3, 0.4) is 0 Å². The van der Waals surface area contributed by atoms with Crippen LogP contribution in [-0.4, -0.2) is 43.5 Å². The third kappa shape index (κ3) is 5.28. The van der Waals surface area contributed by atoms with E-state index in [2.05, 4.69) is 15.2 Å². The van der Waals surface area contributed by atoms with Crippen molar-refractivity contribution in [3.05, 3.63) is 70.9 Å². The normalized spacial score (nSPS) is 11.5. The van der Waals surface area contributed by atoms with Crippen molar-refractivity contribution in [1.29, 1.82) is 5.26 Å². The minimum Gasteiger partial charge on any atom is -0.497 e. The number of hydrogen-bond donors (Lipinski definition) is 2. The molecule has 0 saturated carbocycles. The molecule has 0 fully saturated rings. The van der Waals surface area contributed by atoms with Gasteiger partial charge in [-0.2, -0.15) is 5.26 Å². The molecule has 0 unspecified atom stereocenters. The van der Waals surface area contributed by atoms with Crippen molar-refractivity contribution >= 4 is 22.9 Å². The standard InChI is InChI=1S/C24H26N4O2/c1-28(2)11-10-19-16-26-23-9-6-18(13-22(19)23)12-20(14-25)24(29)27-15-17-4-7-21(30-3)8-5-17/h4-9,12-13,16,26H,10-11,15H2,1-3H3,(H,27,29). The minimum absolute atomic E-state index is 0.0771. The van der Waals surface area contributed by atoms with Gasteiger partial charge < -0.3 is 19.9 Å². The summed E-state index contributed by atoms with van der Waals surface area (Å²) in [4.78, 5) is 17.9. The number of methoxy groups -OCH3 is 1. The van der Waals surface area contributed by atoms with Crippen molar-refractivity contribution in [2.24, 2.45) is 0 Å². The summed E-state index contributed by atoms with van der Waals surface area (Å²) < 4.78 is 5.13. The van der Waals surface area contributed by atoms with Gasteiger partial charge in [0.25, 0.3) is 5.91 Å². The van der Waals surface area contributed by atoms with Gasteiger partial charge in [0.2, 0.25) is 0 Å². The van der Waals surface area contributed by atoms with Gasteiger partial charge in [-0.3, -0.25) is 4.79 Å². The average molecular weight is 402 g/mol. The number of aromatic amines is 1. The summed E-state index contributed by atoms with van der Waals surface area (Å²) in [5, 5.41) is 13.4. The predicted octanol–water partition coefficient (Wildman–Crippen LogP) is 3.50. The molecule has 30 heavy (non-hydrogen) atoms. The van der Waals surface area contributed by atoms with Gasteiger partial charge in [0.15, 0.2) is 0 Å². The zero-order chi connectivity index (χ0) is 21.5. The van der Waals surface area contributed by atoms with Gasteiger partial charge in [0.05, 0.1) is 7.11 Å². The fraction of sp³-hybridized carbons (Fsp3) is 0.250. The fourth-order valence-corrected chi connectivity index (χ4v) is 3.17. The third-order valence-corrected chi connectivity index (χ3v) is 4.91. The van der Waals surface area contributed by atoms with E-state index in [4.69, 9.17) is 4.74 Å². The third-order valence-electron chi connectivity index (χ3n) is 4.91. The fourth-order valence-electron chi connectivity index (χ4n) is 3.17. The number of nitriles is 1. The SMILES string of the molecule is COc1ccc(CNC(=O)C(C#N)=Cc2ccc3[nH]cc(CCN(C)C)c3c2)cc1. The molecule has 0 spiro atoms. The zero-order valence-corrected chi connectivity index (χ0v) is 17.5. The molecule has 0 aliphatic heterocycles. The molecule has 0 bridgehead atoms. The van der Waals surface area contributed by atoms with Crippen LogP contribution in [0.5, 0.6) is 5.75 Å². The smallest absolute Gasteiger partial charge is 0.262 e. The van der Waals surface area contributed by atoms with E-state index in [9.17, 15) is 10.1 Å². The number of rotatable bonds is 8. The van der Waals surface area contributed by atoms with Crippen molar-refractivity contribution in [2.75, 3.05) is 27.7 Å². The number of nitrogens with zero attached hydrogens (tertiary/aromatic N) is 2. The molecule has 0 aliphatic rings. The molecule has 3 aromatic rings. The number of carbonyl (C=O) groups excluding carboxylic acids is 1. The van der Waals surface area contributed by atoms with Crippen molar-refractivity contribution in [1.82, 2.24) is 15.2 Å². The number of hydrogen-bond acceptors (Lipinski definition) is 4. The van der Waals surface area contributed by atoms with Crippen LogP contribution >= 0.6 is 0 Å². The molecule has 3 rings (SSSR count). The van der Waals surface area contributed by atoms with Gasteiger partial charge in [-0.25, -0.2) is 0 Å². The molecule has 2 N–H and O–H groups in total. The van der Waals surface area contributed by atoms with E-state index >= 15 is 0 Å². The summed E-state index contributed by atoms with van der Waals surface area (Å²) in [6.07, 6.45) is 4.58. The Balaban J connectivity index is 1.73. The highest BCUT2D eigenvalue weighted by atomic mass is 16.5. The van der Waals surface area contributed by atoms with Crippen LogP contribution in [0.25, 0.3) is 17.0 Å². The summed E-state index contributed by atoms with van der Waals surface area (Å²) in [5.41, 5.74) is 4.10. The number of H-pyrrole nitrogens is 1. The molecule has 154 valence electrons. The van der Waals surface area contributed by atoms with Crippen LogP contribution < -0.4 is 10.1 Å². The monoisotopic (exact) mass is 402 g/mol. The van der Waals surface area contributed by atoms with Gasteiger partial charge in [0, 0.05) is 30.2 Å². The van der Waals surface area contributed by atoms with Crippen LogP contribution in [0, 0.1) is 11.3 Å². The molecule has 2 aromatic carbocycles. The number of aromatic nitrogens is 1. The first-order chi connectivity index (χ1) is 14.5. The van der Waals surface area contributed by atoms with Crippen molar-refractivity contribution in [3.8, 4) is 11.8 Å². The van der Waals surface area contributed by atoms with Crippen LogP contribution in [0.1, 0.15) is 16.7 Å². The maximum atomic E-state index is 12.5. The lowest BCUT2D eigenvalue weighted by Crippen LogP contribution is -2.23. The van der Waals surface area contributed by atoms with Crippen molar-refractivity contribution < 1.29 is 9.53 Å². The number of amides is 1. The Morgan fingerprint density at radius 2 is 2.00 bits per heavy atom. The van der Waals surface area contributed by atoms with Crippen LogP contribution in [0.2, 0.25) is 0 Å². The molecule has 6 nitrogen and oxygen atoms in total. The van der Waals surface area contributed by atoms with Gasteiger partial charge in [-0.15, -0.1) is 0 Å². The topological polar surface area (TPSA) is 81.1 Å². The Bertz CT molecular complexity index is 1090. The first kappa shape index (κ1) is 21.2. The lowest BCUT2D eigenvalue weighted by Gasteiger charge is -2.08. The summed E-state index contributed by atoms with van der Waals surface area (Å²) in [7, 11) is 5.70. The molecular formula is C24H26N4O2. The maximum absolute atomic E-state index is 12.5. The van der Waals surface area contributed by atoms with Gasteiger partial charge in [0.1, 0.15) is 17.4 Å². The number of benzene rings is 2. The largest absolute Gasteiger partial charge is 0.497 e. The summed E-state index contributed by atoms with van der Waals surface area (Å²) in [5.74, 6) is 0.364. The summed E-state index contributed by atoms with van der Waals surface area (Å²) >= 11 is 0. The second-order valence-electron chi connectivity index (χ2n) is 7.37. The van der Waals surface area contributed by atoms with Crippen molar-refractivity contribution in [3.63, 3.8) is 0 Å². The number of fused-ring (bicyclic) bond motifs is 1. The summed E-state index contributed by atoms with van der Waals surface area (Å²) in [6.45, 7) is 1.29. The lowest BCUT2D eigenvalue weighted by atomic mass is 10.0. The van der Waals surface area contributed by atoms with E-state index in [0.717, 1.165) is 40.7 Å². The Kier molecular flexibility index (Phi) is 6.89. The number of ether oxygens (including phenoxy) is 1. The Morgan fingerprint density at radius 3 is 2.67 bits per heavy atom. The molecular weight excluding hydrogens is 376 g/mol. The first-order valence-electron chi connectivity index (χ1n) is 9.78. The highest BCUT2D eigenvalue weighted by Crippen LogP contribution is 2.22. The second kappa shape index (κ2) is 9.77. The van der Waals surface area contributed by atoms with E-state index in [-0.39, 0.29) is 5.57 Å². The molecule has 0 atom stereocenters. The number of likely N-dealkylation sites (N-methyl/N-ethyl adjacent to an activating group) is 1. The molecule has 0 aliphatic carbocycles. The molecule has 0 saturated heterocycles. The van der Waals surface area contributed by atoms with Gasteiger partial charge >= 0.3 is 0 Å². The predicted molar refractivity (Wildman–Crippen MR) is 119 cm³/mol. The van der Waals surface area contributed by atoms with Crippen LogP contribution in [0.15, 0.2) is 54.2 Å². The van der Waals surface area contributed by atoms with Crippen LogP contribution in [0.4, 0.5) is 0 Å². The minimum atomic E-state index is -0.393. The molecule has 0 radical (unpaired) electrons. The molecule has 1 heterocycles. The van der Waals surface area contributed by atoms with E-state index in [1.54, 1.807) is 13.2 Å². The zero-order valence-electron chi connectivity index (χ0n) is 17.5. The Hall–Kier alpha value is -3.56.